The average Bonchev–Trinajstić information content (AvgIpc) is 3.05. The summed E-state index contributed by atoms with van der Waals surface area (Å²) in [5, 5.41) is 6.77. The molecule has 0 unspecified atom stereocenters. The Morgan fingerprint density at radius 1 is 1.13 bits per heavy atom. The molecule has 0 atom stereocenters. The summed E-state index contributed by atoms with van der Waals surface area (Å²) in [6.07, 6.45) is 0. The Labute approximate surface area is 171 Å². The highest BCUT2D eigenvalue weighted by Crippen LogP contribution is 2.19. The van der Waals surface area contributed by atoms with E-state index in [1.54, 1.807) is 0 Å². The summed E-state index contributed by atoms with van der Waals surface area (Å²) < 4.78 is 18.9. The summed E-state index contributed by atoms with van der Waals surface area (Å²) in [5.41, 5.74) is 2.95. The highest BCUT2D eigenvalue weighted by atomic mass is 19.1. The van der Waals surface area contributed by atoms with Gasteiger partial charge in [0.05, 0.1) is 6.54 Å². The number of halogens is 1. The van der Waals surface area contributed by atoms with Crippen LogP contribution in [-0.2, 0) is 16.1 Å². The number of aryl methyl sites for hydroxylation is 2. The maximum Gasteiger partial charge on any atom is 0.437 e. The minimum absolute atomic E-state index is 0.0248. The molecule has 0 aliphatic heterocycles. The highest BCUT2D eigenvalue weighted by Gasteiger charge is 2.18. The van der Waals surface area contributed by atoms with Gasteiger partial charge in [-0.2, -0.15) is 4.68 Å². The largest absolute Gasteiger partial charge is 0.437 e. The van der Waals surface area contributed by atoms with Gasteiger partial charge >= 0.3 is 5.76 Å². The number of benzene rings is 2. The van der Waals surface area contributed by atoms with Gasteiger partial charge in [-0.25, -0.2) is 9.18 Å². The molecule has 0 saturated heterocycles. The first-order valence-corrected chi connectivity index (χ1v) is 9.18. The summed E-state index contributed by atoms with van der Waals surface area (Å²) in [5.74, 6) is -2.13. The maximum absolute atomic E-state index is 13.0. The fourth-order valence-corrected chi connectivity index (χ4v) is 2.86. The van der Waals surface area contributed by atoms with Crippen molar-refractivity contribution in [3.63, 3.8) is 0 Å². The third-order valence-corrected chi connectivity index (χ3v) is 4.53. The van der Waals surface area contributed by atoms with Crippen molar-refractivity contribution in [2.24, 2.45) is 0 Å². The van der Waals surface area contributed by atoms with Crippen molar-refractivity contribution in [3.8, 4) is 11.5 Å². The molecule has 8 nitrogen and oxygen atoms in total. The van der Waals surface area contributed by atoms with Gasteiger partial charge in [0.15, 0.2) is 0 Å². The van der Waals surface area contributed by atoms with Crippen molar-refractivity contribution < 1.29 is 18.4 Å². The zero-order chi connectivity index (χ0) is 21.8. The Morgan fingerprint density at radius 2 is 1.77 bits per heavy atom. The molecule has 2 amide bonds. The van der Waals surface area contributed by atoms with Crippen LogP contribution in [0.3, 0.4) is 0 Å². The predicted octanol–water partition coefficient (Wildman–Crippen LogP) is 2.36. The van der Waals surface area contributed by atoms with Gasteiger partial charge in [-0.3, -0.25) is 9.59 Å². The van der Waals surface area contributed by atoms with Gasteiger partial charge in [0.2, 0.25) is 17.7 Å². The van der Waals surface area contributed by atoms with Gasteiger partial charge in [0.1, 0.15) is 12.4 Å². The van der Waals surface area contributed by atoms with E-state index in [0.29, 0.717) is 11.3 Å². The summed E-state index contributed by atoms with van der Waals surface area (Å²) in [7, 11) is 1.46. The van der Waals surface area contributed by atoms with E-state index in [9.17, 15) is 18.8 Å². The second-order valence-corrected chi connectivity index (χ2v) is 6.90. The molecule has 0 aliphatic carbocycles. The van der Waals surface area contributed by atoms with E-state index in [1.165, 1.54) is 36.2 Å². The first-order chi connectivity index (χ1) is 14.2. The summed E-state index contributed by atoms with van der Waals surface area (Å²) >= 11 is 0. The van der Waals surface area contributed by atoms with Crippen molar-refractivity contribution in [2.45, 2.75) is 20.4 Å². The number of anilines is 1. The molecular formula is C21H21FN4O4. The van der Waals surface area contributed by atoms with Gasteiger partial charge in [-0.05, 0) is 49.2 Å². The Balaban J connectivity index is 1.64. The van der Waals surface area contributed by atoms with E-state index in [1.807, 2.05) is 32.0 Å². The lowest BCUT2D eigenvalue weighted by atomic mass is 10.1. The molecule has 0 spiro atoms. The number of rotatable bonds is 6. The van der Waals surface area contributed by atoms with Crippen LogP contribution in [-0.4, -0.2) is 40.1 Å². The molecule has 0 saturated carbocycles. The first kappa shape index (κ1) is 21.0. The number of aromatic nitrogens is 2. The number of nitrogens with zero attached hydrogens (tertiary/aromatic N) is 3. The Morgan fingerprint density at radius 3 is 2.40 bits per heavy atom. The van der Waals surface area contributed by atoms with Crippen LogP contribution in [0.2, 0.25) is 0 Å². The topological polar surface area (TPSA) is 97.4 Å². The Kier molecular flexibility index (Phi) is 6.10. The number of nitrogens with one attached hydrogen (secondary N) is 1. The van der Waals surface area contributed by atoms with Crippen LogP contribution in [0, 0.1) is 19.7 Å². The number of amides is 2. The van der Waals surface area contributed by atoms with Crippen LogP contribution in [0.4, 0.5) is 10.1 Å². The summed E-state index contributed by atoms with van der Waals surface area (Å²) in [4.78, 5) is 37.9. The monoisotopic (exact) mass is 412 g/mol. The number of hydrogen-bond donors (Lipinski definition) is 1. The van der Waals surface area contributed by atoms with Crippen molar-refractivity contribution in [1.29, 1.82) is 0 Å². The lowest BCUT2D eigenvalue weighted by molar-refractivity contribution is -0.134. The predicted molar refractivity (Wildman–Crippen MR) is 108 cm³/mol. The number of para-hydroxylation sites is 1. The normalized spacial score (nSPS) is 10.7. The third kappa shape index (κ3) is 4.80. The molecule has 0 fully saturated rings. The van der Waals surface area contributed by atoms with Crippen LogP contribution in [0.15, 0.2) is 51.7 Å². The summed E-state index contributed by atoms with van der Waals surface area (Å²) in [6, 6.07) is 10.9. The van der Waals surface area contributed by atoms with E-state index in [2.05, 4.69) is 10.4 Å². The molecule has 0 bridgehead atoms. The second-order valence-electron chi connectivity index (χ2n) is 6.90. The number of hydrogen-bond acceptors (Lipinski definition) is 5. The van der Waals surface area contributed by atoms with E-state index in [0.717, 1.165) is 15.8 Å². The number of carbonyl (C=O) groups excluding carboxylic acids is 2. The number of likely N-dealkylation sites (N-methyl/N-ethyl adjacent to an activating group) is 1. The maximum atomic E-state index is 13.0. The molecule has 1 N–H and O–H groups in total. The van der Waals surface area contributed by atoms with E-state index < -0.39 is 24.0 Å². The van der Waals surface area contributed by atoms with Crippen LogP contribution >= 0.6 is 0 Å². The van der Waals surface area contributed by atoms with Gasteiger partial charge in [-0.1, -0.05) is 18.2 Å². The lowest BCUT2D eigenvalue weighted by Crippen LogP contribution is -2.38. The zero-order valence-corrected chi connectivity index (χ0v) is 16.8. The molecule has 0 aliphatic rings. The van der Waals surface area contributed by atoms with Crippen LogP contribution < -0.4 is 11.1 Å². The van der Waals surface area contributed by atoms with Gasteiger partial charge in [0, 0.05) is 18.3 Å². The molecular weight excluding hydrogens is 391 g/mol. The fourth-order valence-electron chi connectivity index (χ4n) is 2.86. The second kappa shape index (κ2) is 8.73. The minimum Gasteiger partial charge on any atom is -0.388 e. The molecule has 3 rings (SSSR count). The molecule has 3 aromatic rings. The van der Waals surface area contributed by atoms with Crippen molar-refractivity contribution in [3.05, 3.63) is 70.0 Å². The van der Waals surface area contributed by atoms with Gasteiger partial charge < -0.3 is 14.6 Å². The van der Waals surface area contributed by atoms with E-state index in [-0.39, 0.29) is 18.3 Å². The van der Waals surface area contributed by atoms with Crippen molar-refractivity contribution in [2.75, 3.05) is 18.9 Å². The lowest BCUT2D eigenvalue weighted by Gasteiger charge is -2.17. The van der Waals surface area contributed by atoms with E-state index in [4.69, 9.17) is 4.42 Å². The molecule has 156 valence electrons. The Hall–Kier alpha value is -3.75. The molecule has 1 heterocycles. The van der Waals surface area contributed by atoms with Gasteiger partial charge in [-0.15, -0.1) is 5.10 Å². The Bertz CT molecular complexity index is 1110. The molecule has 2 aromatic carbocycles. The van der Waals surface area contributed by atoms with Crippen molar-refractivity contribution in [1.82, 2.24) is 14.7 Å². The zero-order valence-electron chi connectivity index (χ0n) is 16.8. The van der Waals surface area contributed by atoms with Crippen molar-refractivity contribution >= 4 is 17.5 Å². The van der Waals surface area contributed by atoms with Crippen LogP contribution in [0.1, 0.15) is 11.1 Å². The first-order valence-electron chi connectivity index (χ1n) is 9.18. The molecule has 1 aromatic heterocycles. The quantitative estimate of drug-likeness (QED) is 0.670. The third-order valence-electron chi connectivity index (χ3n) is 4.53. The number of carbonyl (C=O) groups is 2. The molecule has 0 radical (unpaired) electrons. The summed E-state index contributed by atoms with van der Waals surface area (Å²) in [6.45, 7) is 3.18. The van der Waals surface area contributed by atoms with Crippen LogP contribution in [0.5, 0.6) is 0 Å². The van der Waals surface area contributed by atoms with E-state index >= 15 is 0 Å². The average molecular weight is 412 g/mol. The molecule has 30 heavy (non-hydrogen) atoms. The van der Waals surface area contributed by atoms with Crippen LogP contribution in [0.25, 0.3) is 11.5 Å². The SMILES string of the molecule is Cc1cccc(C)c1NC(=O)CN(C)C(=O)Cn1nc(-c2ccc(F)cc2)oc1=O. The minimum atomic E-state index is -0.823. The highest BCUT2D eigenvalue weighted by molar-refractivity contribution is 5.95. The fraction of sp³-hybridized carbons (Fsp3) is 0.238. The standard InChI is InChI=1S/C21H21FN4O4/c1-13-5-4-6-14(2)19(13)23-17(27)11-25(3)18(28)12-26-21(29)30-20(24-26)15-7-9-16(22)10-8-15/h4-10H,11-12H2,1-3H3,(H,23,27). The molecule has 9 heteroatoms. The smallest absolute Gasteiger partial charge is 0.388 e. The van der Waals surface area contributed by atoms with Gasteiger partial charge in [0.25, 0.3) is 0 Å².